The van der Waals surface area contributed by atoms with E-state index in [2.05, 4.69) is 21.2 Å². The van der Waals surface area contributed by atoms with Crippen LogP contribution in [0.2, 0.25) is 0 Å². The van der Waals surface area contributed by atoms with Gasteiger partial charge in [0, 0.05) is 17.6 Å². The van der Waals surface area contributed by atoms with E-state index in [9.17, 15) is 18.0 Å². The summed E-state index contributed by atoms with van der Waals surface area (Å²) in [4.78, 5) is 27.7. The van der Waals surface area contributed by atoms with Crippen LogP contribution in [0, 0.1) is 0 Å². The number of nitrogens with one attached hydrogen (secondary N) is 1. The Morgan fingerprint density at radius 3 is 2.30 bits per heavy atom. The molecule has 2 rings (SSSR count). The fraction of sp³-hybridized carbons (Fsp3) is 0.391. The predicted octanol–water partition coefficient (Wildman–Crippen LogP) is 3.17. The third kappa shape index (κ3) is 7.46. The maximum Gasteiger partial charge on any atom is 0.244 e. The molecule has 0 saturated carbocycles. The second-order valence-electron chi connectivity index (χ2n) is 7.44. The van der Waals surface area contributed by atoms with Gasteiger partial charge in [-0.2, -0.15) is 0 Å². The number of hydrogen-bond donors (Lipinski definition) is 1. The van der Waals surface area contributed by atoms with E-state index in [-0.39, 0.29) is 12.5 Å². The Kier molecular flexibility index (Phi) is 9.72. The maximum absolute atomic E-state index is 13.5. The van der Waals surface area contributed by atoms with Gasteiger partial charge in [-0.05, 0) is 49.2 Å². The van der Waals surface area contributed by atoms with Gasteiger partial charge in [0.15, 0.2) is 0 Å². The van der Waals surface area contributed by atoms with Crippen molar-refractivity contribution in [1.29, 1.82) is 0 Å². The number of carbonyl (C=O) groups excluding carboxylic acids is 2. The zero-order chi connectivity index (χ0) is 24.6. The molecular formula is C23H30BrN3O5S. The van der Waals surface area contributed by atoms with Crippen LogP contribution in [-0.4, -0.2) is 57.6 Å². The van der Waals surface area contributed by atoms with E-state index in [0.717, 1.165) is 16.1 Å². The van der Waals surface area contributed by atoms with Crippen molar-refractivity contribution in [3.8, 4) is 5.75 Å². The van der Waals surface area contributed by atoms with Crippen molar-refractivity contribution in [2.75, 3.05) is 30.8 Å². The lowest BCUT2D eigenvalue weighted by molar-refractivity contribution is -0.140. The second kappa shape index (κ2) is 12.0. The molecule has 2 amide bonds. The first-order chi connectivity index (χ1) is 15.6. The molecule has 0 bridgehead atoms. The Balaban J connectivity index is 2.42. The van der Waals surface area contributed by atoms with Crippen molar-refractivity contribution in [1.82, 2.24) is 10.2 Å². The summed E-state index contributed by atoms with van der Waals surface area (Å²) >= 11 is 3.34. The summed E-state index contributed by atoms with van der Waals surface area (Å²) in [5, 5.41) is 2.77. The molecule has 1 unspecified atom stereocenters. The molecule has 0 aliphatic rings. The van der Waals surface area contributed by atoms with Crippen LogP contribution in [0.5, 0.6) is 5.75 Å². The lowest BCUT2D eigenvalue weighted by Gasteiger charge is -2.32. The Morgan fingerprint density at radius 1 is 1.12 bits per heavy atom. The number of ether oxygens (including phenoxy) is 1. The number of amides is 2. The van der Waals surface area contributed by atoms with Gasteiger partial charge in [-0.3, -0.25) is 13.9 Å². The molecule has 0 fully saturated rings. The number of likely N-dealkylation sites (N-methyl/N-ethyl adjacent to an activating group) is 1. The van der Waals surface area contributed by atoms with Gasteiger partial charge in [0.25, 0.3) is 0 Å². The average Bonchev–Trinajstić information content (AvgIpc) is 2.77. The van der Waals surface area contributed by atoms with Gasteiger partial charge in [-0.1, -0.05) is 41.1 Å². The quantitative estimate of drug-likeness (QED) is 0.473. The van der Waals surface area contributed by atoms with Crippen LogP contribution in [0.1, 0.15) is 25.8 Å². The molecule has 1 N–H and O–H groups in total. The number of halogens is 1. The Morgan fingerprint density at radius 2 is 1.79 bits per heavy atom. The van der Waals surface area contributed by atoms with E-state index in [1.54, 1.807) is 50.4 Å². The molecule has 2 aromatic carbocycles. The van der Waals surface area contributed by atoms with Crippen molar-refractivity contribution in [3.63, 3.8) is 0 Å². The molecule has 0 spiro atoms. The Hall–Kier alpha value is -2.59. The first-order valence-electron chi connectivity index (χ1n) is 10.5. The summed E-state index contributed by atoms with van der Waals surface area (Å²) in [5.74, 6) is -0.0881. The smallest absolute Gasteiger partial charge is 0.244 e. The summed E-state index contributed by atoms with van der Waals surface area (Å²) < 4.78 is 32.0. The first-order valence-corrected chi connectivity index (χ1v) is 13.2. The van der Waals surface area contributed by atoms with Crippen molar-refractivity contribution in [2.45, 2.75) is 32.9 Å². The Labute approximate surface area is 204 Å². The number of rotatable bonds is 11. The highest BCUT2D eigenvalue weighted by atomic mass is 79.9. The van der Waals surface area contributed by atoms with Crippen LogP contribution in [-0.2, 0) is 26.2 Å². The molecule has 0 aliphatic heterocycles. The van der Waals surface area contributed by atoms with Crippen molar-refractivity contribution in [2.24, 2.45) is 0 Å². The predicted molar refractivity (Wildman–Crippen MR) is 133 cm³/mol. The van der Waals surface area contributed by atoms with Crippen LogP contribution < -0.4 is 14.4 Å². The van der Waals surface area contributed by atoms with Crippen molar-refractivity contribution >= 4 is 43.5 Å². The topological polar surface area (TPSA) is 96.0 Å². The molecular weight excluding hydrogens is 510 g/mol. The minimum absolute atomic E-state index is 0.147. The molecule has 10 heteroatoms. The van der Waals surface area contributed by atoms with Gasteiger partial charge in [-0.25, -0.2) is 8.42 Å². The van der Waals surface area contributed by atoms with Crippen molar-refractivity contribution < 1.29 is 22.7 Å². The normalized spacial score (nSPS) is 12.0. The van der Waals surface area contributed by atoms with Gasteiger partial charge in [0.1, 0.15) is 18.3 Å². The number of anilines is 1. The van der Waals surface area contributed by atoms with E-state index in [0.29, 0.717) is 28.9 Å². The van der Waals surface area contributed by atoms with Crippen LogP contribution >= 0.6 is 15.9 Å². The number of sulfonamides is 1. The molecule has 0 heterocycles. The molecule has 33 heavy (non-hydrogen) atoms. The molecule has 2 aromatic rings. The van der Waals surface area contributed by atoms with E-state index in [1.807, 2.05) is 19.1 Å². The van der Waals surface area contributed by atoms with E-state index >= 15 is 0 Å². The third-order valence-corrected chi connectivity index (χ3v) is 6.66. The number of hydrogen-bond acceptors (Lipinski definition) is 5. The standard InChI is InChI=1S/C23H30BrN3O5S/c1-5-21(23(29)25-6-2)26(15-17-10-12-20(32-3)13-11-17)22(28)16-27(33(4,30)31)19-9-7-8-18(24)14-19/h7-14,21H,5-6,15-16H2,1-4H3,(H,25,29). The van der Waals surface area contributed by atoms with Gasteiger partial charge in [0.2, 0.25) is 21.8 Å². The largest absolute Gasteiger partial charge is 0.497 e. The van der Waals surface area contributed by atoms with E-state index < -0.39 is 28.5 Å². The minimum Gasteiger partial charge on any atom is -0.497 e. The number of benzene rings is 2. The van der Waals surface area contributed by atoms with Crippen LogP contribution in [0.25, 0.3) is 0 Å². The molecule has 0 radical (unpaired) electrons. The summed E-state index contributed by atoms with van der Waals surface area (Å²) in [6.07, 6.45) is 1.43. The highest BCUT2D eigenvalue weighted by Gasteiger charge is 2.31. The fourth-order valence-electron chi connectivity index (χ4n) is 3.38. The molecule has 8 nitrogen and oxygen atoms in total. The zero-order valence-electron chi connectivity index (χ0n) is 19.2. The highest BCUT2D eigenvalue weighted by molar-refractivity contribution is 9.10. The first kappa shape index (κ1) is 26.7. The van der Waals surface area contributed by atoms with Gasteiger partial charge >= 0.3 is 0 Å². The third-order valence-electron chi connectivity index (χ3n) is 5.02. The lowest BCUT2D eigenvalue weighted by Crippen LogP contribution is -2.52. The molecule has 0 aliphatic carbocycles. The van der Waals surface area contributed by atoms with Crippen molar-refractivity contribution in [3.05, 3.63) is 58.6 Å². The monoisotopic (exact) mass is 539 g/mol. The highest BCUT2D eigenvalue weighted by Crippen LogP contribution is 2.23. The molecule has 0 aromatic heterocycles. The van der Waals surface area contributed by atoms with E-state index in [4.69, 9.17) is 4.74 Å². The molecule has 1 atom stereocenters. The minimum atomic E-state index is -3.76. The second-order valence-corrected chi connectivity index (χ2v) is 10.3. The van der Waals surface area contributed by atoms with E-state index in [1.165, 1.54) is 4.90 Å². The lowest BCUT2D eigenvalue weighted by atomic mass is 10.1. The number of carbonyl (C=O) groups is 2. The summed E-state index contributed by atoms with van der Waals surface area (Å²) in [6, 6.07) is 13.1. The SMILES string of the molecule is CCNC(=O)C(CC)N(Cc1ccc(OC)cc1)C(=O)CN(c1cccc(Br)c1)S(C)(=O)=O. The molecule has 180 valence electrons. The summed E-state index contributed by atoms with van der Waals surface area (Å²) in [5.41, 5.74) is 1.15. The average molecular weight is 540 g/mol. The molecule has 0 saturated heterocycles. The van der Waals surface area contributed by atoms with Crippen LogP contribution in [0.15, 0.2) is 53.0 Å². The van der Waals surface area contributed by atoms with Gasteiger partial charge < -0.3 is 15.0 Å². The Bertz CT molecular complexity index is 1060. The van der Waals surface area contributed by atoms with Gasteiger partial charge in [0.05, 0.1) is 19.1 Å². The van der Waals surface area contributed by atoms with Crippen LogP contribution in [0.3, 0.4) is 0 Å². The number of nitrogens with zero attached hydrogens (tertiary/aromatic N) is 2. The summed E-state index contributed by atoms with van der Waals surface area (Å²) in [6.45, 7) is 3.76. The fourth-order valence-corrected chi connectivity index (χ4v) is 4.61. The maximum atomic E-state index is 13.5. The number of methoxy groups -OCH3 is 1. The van der Waals surface area contributed by atoms with Gasteiger partial charge in [-0.15, -0.1) is 0 Å². The van der Waals surface area contributed by atoms with Crippen LogP contribution in [0.4, 0.5) is 5.69 Å². The zero-order valence-corrected chi connectivity index (χ0v) is 21.6. The summed E-state index contributed by atoms with van der Waals surface area (Å²) in [7, 11) is -2.20.